The molecule has 5 rings (SSSR count). The Morgan fingerprint density at radius 1 is 0.872 bits per heavy atom. The number of benzene rings is 4. The number of methoxy groups -OCH3 is 1. The molecule has 0 bridgehead atoms. The van der Waals surface area contributed by atoms with Crippen molar-refractivity contribution in [2.45, 2.75) is 26.7 Å². The summed E-state index contributed by atoms with van der Waals surface area (Å²) in [5.74, 6) is 0.00759. The van der Waals surface area contributed by atoms with Crippen LogP contribution in [-0.2, 0) is 4.79 Å². The van der Waals surface area contributed by atoms with Gasteiger partial charge in [-0.3, -0.25) is 4.79 Å². The Morgan fingerprint density at radius 2 is 1.51 bits per heavy atom. The lowest BCUT2D eigenvalue weighted by atomic mass is 9.68. The zero-order valence-corrected chi connectivity index (χ0v) is 23.1. The van der Waals surface area contributed by atoms with Gasteiger partial charge in [0.15, 0.2) is 0 Å². The average Bonchev–Trinajstić information content (AvgIpc) is 2.98. The summed E-state index contributed by atoms with van der Waals surface area (Å²) in [5.41, 5.74) is 4.18. The van der Waals surface area contributed by atoms with Crippen LogP contribution in [0, 0.1) is 30.6 Å². The Balaban J connectivity index is 1.54. The van der Waals surface area contributed by atoms with Gasteiger partial charge in [-0.15, -0.1) is 0 Å². The molecular weight excluding hydrogens is 482 g/mol. The molecule has 1 heterocycles. The molecule has 1 aliphatic heterocycles. The molecule has 0 N–H and O–H groups in total. The highest BCUT2D eigenvalue weighted by Gasteiger charge is 2.47. The van der Waals surface area contributed by atoms with Gasteiger partial charge in [-0.1, -0.05) is 72.8 Å². The van der Waals surface area contributed by atoms with Crippen molar-refractivity contribution < 1.29 is 9.53 Å². The van der Waals surface area contributed by atoms with Crippen LogP contribution in [0.5, 0.6) is 5.75 Å². The van der Waals surface area contributed by atoms with Crippen LogP contribution < -0.4 is 9.64 Å². The van der Waals surface area contributed by atoms with E-state index >= 15 is 0 Å². The maximum absolute atomic E-state index is 14.4. The number of rotatable bonds is 6. The number of hydrogen-bond donors (Lipinski definition) is 0. The predicted octanol–water partition coefficient (Wildman–Crippen LogP) is 6.48. The normalized spacial score (nSPS) is 15.9. The molecule has 0 aliphatic carbocycles. The molecule has 0 spiro atoms. The van der Waals surface area contributed by atoms with E-state index in [9.17, 15) is 10.1 Å². The van der Waals surface area contributed by atoms with Crippen molar-refractivity contribution in [1.29, 1.82) is 5.26 Å². The van der Waals surface area contributed by atoms with Crippen LogP contribution >= 0.6 is 0 Å². The molecule has 4 aromatic carbocycles. The number of anilines is 1. The number of aryl methyl sites for hydroxylation is 1. The van der Waals surface area contributed by atoms with E-state index in [-0.39, 0.29) is 5.91 Å². The average molecular weight is 518 g/mol. The second kappa shape index (κ2) is 10.8. The van der Waals surface area contributed by atoms with Gasteiger partial charge in [0.05, 0.1) is 13.2 Å². The number of fused-ring (bicyclic) bond motifs is 1. The van der Waals surface area contributed by atoms with Gasteiger partial charge in [0.1, 0.15) is 11.2 Å². The standard InChI is InChI=1S/C34H35N3O2/c1-24-11-9-17-30(25(24)2)36-19-21-37(22-20-36)33(38)34(3,23-35)32(29-15-7-8-18-31(29)39-4)28-16-10-13-26-12-5-6-14-27(26)28/h5-18,32H,19-22H2,1-4H3/t32-,34+/m1/s1. The van der Waals surface area contributed by atoms with Crippen LogP contribution in [0.1, 0.15) is 35.1 Å². The van der Waals surface area contributed by atoms with E-state index in [2.05, 4.69) is 61.2 Å². The van der Waals surface area contributed by atoms with Gasteiger partial charge in [0, 0.05) is 43.3 Å². The number of hydrogen-bond acceptors (Lipinski definition) is 4. The fourth-order valence-electron chi connectivity index (χ4n) is 5.99. The fourth-order valence-corrected chi connectivity index (χ4v) is 5.99. The van der Waals surface area contributed by atoms with Crippen molar-refractivity contribution in [3.05, 3.63) is 107 Å². The summed E-state index contributed by atoms with van der Waals surface area (Å²) in [4.78, 5) is 18.6. The van der Waals surface area contributed by atoms with Crippen molar-refractivity contribution in [3.63, 3.8) is 0 Å². The number of ether oxygens (including phenoxy) is 1. The van der Waals surface area contributed by atoms with Gasteiger partial charge in [-0.25, -0.2) is 0 Å². The molecule has 1 saturated heterocycles. The molecule has 5 nitrogen and oxygen atoms in total. The quantitative estimate of drug-likeness (QED) is 0.294. The van der Waals surface area contributed by atoms with E-state index < -0.39 is 11.3 Å². The van der Waals surface area contributed by atoms with Gasteiger partial charge < -0.3 is 14.5 Å². The van der Waals surface area contributed by atoms with E-state index in [0.29, 0.717) is 18.8 Å². The van der Waals surface area contributed by atoms with Crippen molar-refractivity contribution in [1.82, 2.24) is 4.90 Å². The molecule has 0 radical (unpaired) electrons. The van der Waals surface area contributed by atoms with Crippen molar-refractivity contribution >= 4 is 22.4 Å². The minimum Gasteiger partial charge on any atom is -0.496 e. The van der Waals surface area contributed by atoms with E-state index in [1.165, 1.54) is 16.8 Å². The topological polar surface area (TPSA) is 56.6 Å². The molecule has 2 atom stereocenters. The summed E-state index contributed by atoms with van der Waals surface area (Å²) in [6, 6.07) is 30.9. The number of piperazine rings is 1. The fraction of sp³-hybridized carbons (Fsp3) is 0.294. The lowest BCUT2D eigenvalue weighted by Crippen LogP contribution is -2.54. The maximum Gasteiger partial charge on any atom is 0.243 e. The second-order valence-corrected chi connectivity index (χ2v) is 10.6. The number of para-hydroxylation sites is 1. The highest BCUT2D eigenvalue weighted by atomic mass is 16.5. The first kappa shape index (κ1) is 26.3. The summed E-state index contributed by atoms with van der Waals surface area (Å²) in [6.45, 7) is 8.66. The summed E-state index contributed by atoms with van der Waals surface area (Å²) < 4.78 is 5.77. The van der Waals surface area contributed by atoms with Crippen molar-refractivity contribution in [2.75, 3.05) is 38.2 Å². The van der Waals surface area contributed by atoms with Gasteiger partial charge in [0.25, 0.3) is 0 Å². The van der Waals surface area contributed by atoms with E-state index in [1.807, 2.05) is 53.4 Å². The monoisotopic (exact) mass is 517 g/mol. The molecule has 0 saturated carbocycles. The summed E-state index contributed by atoms with van der Waals surface area (Å²) in [6.07, 6.45) is 0. The number of nitriles is 1. The zero-order valence-electron chi connectivity index (χ0n) is 23.1. The second-order valence-electron chi connectivity index (χ2n) is 10.6. The molecular formula is C34H35N3O2. The molecule has 39 heavy (non-hydrogen) atoms. The van der Waals surface area contributed by atoms with Crippen LogP contribution in [0.4, 0.5) is 5.69 Å². The summed E-state index contributed by atoms with van der Waals surface area (Å²) in [7, 11) is 1.64. The minimum absolute atomic E-state index is 0.144. The Kier molecular flexibility index (Phi) is 7.30. The molecule has 1 aliphatic rings. The largest absolute Gasteiger partial charge is 0.496 e. The lowest BCUT2D eigenvalue weighted by molar-refractivity contribution is -0.139. The first-order valence-electron chi connectivity index (χ1n) is 13.5. The Morgan fingerprint density at radius 3 is 2.26 bits per heavy atom. The van der Waals surface area contributed by atoms with E-state index in [4.69, 9.17) is 4.74 Å². The predicted molar refractivity (Wildman–Crippen MR) is 157 cm³/mol. The van der Waals surface area contributed by atoms with Gasteiger partial charge in [0.2, 0.25) is 5.91 Å². The third-order valence-electron chi connectivity index (χ3n) is 8.32. The van der Waals surface area contributed by atoms with E-state index in [0.717, 1.165) is 35.0 Å². The first-order valence-corrected chi connectivity index (χ1v) is 13.5. The van der Waals surface area contributed by atoms with Crippen LogP contribution in [0.15, 0.2) is 84.9 Å². The molecule has 198 valence electrons. The van der Waals surface area contributed by atoms with E-state index in [1.54, 1.807) is 14.0 Å². The van der Waals surface area contributed by atoms with Gasteiger partial charge in [-0.05, 0) is 60.4 Å². The number of carbonyl (C=O) groups excluding carboxylic acids is 1. The highest BCUT2D eigenvalue weighted by molar-refractivity contribution is 5.91. The van der Waals surface area contributed by atoms with Gasteiger partial charge in [-0.2, -0.15) is 5.26 Å². The Labute approximate surface area is 231 Å². The third kappa shape index (κ3) is 4.72. The Bertz CT molecular complexity index is 1540. The SMILES string of the molecule is COc1ccccc1[C@@H](c1cccc2ccccc12)[C@](C)(C#N)C(=O)N1CCN(c2cccc(C)c2C)CC1. The first-order chi connectivity index (χ1) is 18.9. The van der Waals surface area contributed by atoms with Gasteiger partial charge >= 0.3 is 0 Å². The maximum atomic E-state index is 14.4. The summed E-state index contributed by atoms with van der Waals surface area (Å²) in [5, 5.41) is 12.9. The van der Waals surface area contributed by atoms with Crippen molar-refractivity contribution in [3.8, 4) is 11.8 Å². The molecule has 1 amide bonds. The third-order valence-corrected chi connectivity index (χ3v) is 8.32. The number of nitrogens with zero attached hydrogens (tertiary/aromatic N) is 3. The molecule has 5 heteroatoms. The molecule has 0 aromatic heterocycles. The lowest BCUT2D eigenvalue weighted by Gasteiger charge is -2.41. The number of amides is 1. The zero-order chi connectivity index (χ0) is 27.6. The summed E-state index contributed by atoms with van der Waals surface area (Å²) >= 11 is 0. The Hall–Kier alpha value is -4.30. The number of carbonyl (C=O) groups is 1. The minimum atomic E-state index is -1.35. The van der Waals surface area contributed by atoms with Crippen LogP contribution in [-0.4, -0.2) is 44.1 Å². The van der Waals surface area contributed by atoms with Crippen molar-refractivity contribution in [2.24, 2.45) is 5.41 Å². The smallest absolute Gasteiger partial charge is 0.243 e. The van der Waals surface area contributed by atoms with Crippen LogP contribution in [0.2, 0.25) is 0 Å². The van der Waals surface area contributed by atoms with Crippen LogP contribution in [0.3, 0.4) is 0 Å². The molecule has 1 fully saturated rings. The molecule has 4 aromatic rings. The van der Waals surface area contributed by atoms with Crippen LogP contribution in [0.25, 0.3) is 10.8 Å². The highest BCUT2D eigenvalue weighted by Crippen LogP contribution is 2.47. The molecule has 0 unspecified atom stereocenters.